The van der Waals surface area contributed by atoms with Crippen molar-refractivity contribution in [2.24, 2.45) is 0 Å². The topological polar surface area (TPSA) is 91.6 Å². The number of halogens is 2. The summed E-state index contributed by atoms with van der Waals surface area (Å²) in [5.41, 5.74) is -0.0950. The van der Waals surface area contributed by atoms with Gasteiger partial charge in [-0.1, -0.05) is 35.1 Å². The molecule has 33 heavy (non-hydrogen) atoms. The number of rotatable bonds is 3. The van der Waals surface area contributed by atoms with Crippen molar-refractivity contribution < 1.29 is 14.3 Å². The summed E-state index contributed by atoms with van der Waals surface area (Å²) in [4.78, 5) is 30.2. The fraction of sp³-hybridized carbons (Fsp3) is 0.364. The van der Waals surface area contributed by atoms with Crippen LogP contribution in [0, 0.1) is 5.82 Å². The van der Waals surface area contributed by atoms with Crippen LogP contribution < -0.4 is 5.43 Å². The van der Waals surface area contributed by atoms with E-state index in [0.717, 1.165) is 30.7 Å². The molecule has 0 spiro atoms. The Morgan fingerprint density at radius 1 is 1.24 bits per heavy atom. The van der Waals surface area contributed by atoms with Gasteiger partial charge >= 0.3 is 0 Å². The summed E-state index contributed by atoms with van der Waals surface area (Å²) in [6.07, 6.45) is 3.83. The van der Waals surface area contributed by atoms with Gasteiger partial charge in [0.2, 0.25) is 5.43 Å². The van der Waals surface area contributed by atoms with Crippen molar-refractivity contribution in [2.45, 2.75) is 38.0 Å². The molecule has 3 aliphatic rings. The molecule has 1 aromatic carbocycles. The second-order valence-corrected chi connectivity index (χ2v) is 10.1. The van der Waals surface area contributed by atoms with E-state index in [9.17, 15) is 19.1 Å². The third kappa shape index (κ3) is 3.19. The lowest BCUT2D eigenvalue weighted by Gasteiger charge is -2.35. The molecule has 6 rings (SSSR count). The first-order valence-electron chi connectivity index (χ1n) is 10.7. The maximum absolute atomic E-state index is 14.3. The molecule has 3 aromatic rings. The predicted molar refractivity (Wildman–Crippen MR) is 120 cm³/mol. The van der Waals surface area contributed by atoms with E-state index in [0.29, 0.717) is 34.7 Å². The summed E-state index contributed by atoms with van der Waals surface area (Å²) in [5, 5.41) is 19.7. The first kappa shape index (κ1) is 20.8. The van der Waals surface area contributed by atoms with Crippen LogP contribution in [0.25, 0.3) is 10.6 Å². The molecule has 1 amide bonds. The van der Waals surface area contributed by atoms with Crippen LogP contribution in [-0.2, 0) is 13.0 Å². The molecule has 5 heterocycles. The maximum atomic E-state index is 14.3. The first-order chi connectivity index (χ1) is 15.9. The van der Waals surface area contributed by atoms with Crippen molar-refractivity contribution in [2.75, 3.05) is 13.1 Å². The van der Waals surface area contributed by atoms with Gasteiger partial charge < -0.3 is 14.6 Å². The lowest BCUT2D eigenvalue weighted by atomic mass is 10.1. The molecule has 1 N–H and O–H groups in total. The van der Waals surface area contributed by atoms with E-state index in [2.05, 4.69) is 15.1 Å². The highest BCUT2D eigenvalue weighted by Gasteiger charge is 2.48. The maximum Gasteiger partial charge on any atom is 0.275 e. The lowest BCUT2D eigenvalue weighted by Crippen LogP contribution is -2.50. The van der Waals surface area contributed by atoms with Gasteiger partial charge in [-0.2, -0.15) is 0 Å². The van der Waals surface area contributed by atoms with Crippen molar-refractivity contribution in [1.82, 2.24) is 24.6 Å². The second kappa shape index (κ2) is 7.61. The van der Waals surface area contributed by atoms with Gasteiger partial charge in [0, 0.05) is 31.7 Å². The highest BCUT2D eigenvalue weighted by Crippen LogP contribution is 2.36. The van der Waals surface area contributed by atoms with Crippen LogP contribution in [0.5, 0.6) is 5.75 Å². The molecule has 0 bridgehead atoms. The minimum atomic E-state index is -0.663. The smallest absolute Gasteiger partial charge is 0.275 e. The predicted octanol–water partition coefficient (Wildman–Crippen LogP) is 2.72. The fourth-order valence-electron chi connectivity index (χ4n) is 5.16. The van der Waals surface area contributed by atoms with Crippen LogP contribution in [0.3, 0.4) is 0 Å². The Morgan fingerprint density at radius 3 is 2.94 bits per heavy atom. The molecule has 8 nitrogen and oxygen atoms in total. The van der Waals surface area contributed by atoms with E-state index >= 15 is 0 Å². The standard InChI is InChI=1S/C22H19ClFN5O3S/c23-14-5-1-3-11(17(14)24)7-15-25-26-21(33-15)13-9-27-10-16-28-6-2-4-12(28)8-29(16)22(32)18(27)20(31)19(13)30/h1,3,5,9,12,16,31H,2,4,6-8,10H2/t12?,16-/m0/s1. The quantitative estimate of drug-likeness (QED) is 0.611. The number of aromatic nitrogens is 3. The third-order valence-corrected chi connectivity index (χ3v) is 7.97. The summed E-state index contributed by atoms with van der Waals surface area (Å²) in [5.74, 6) is -1.40. The summed E-state index contributed by atoms with van der Waals surface area (Å²) in [7, 11) is 0. The third-order valence-electron chi connectivity index (χ3n) is 6.72. The average Bonchev–Trinajstić information content (AvgIpc) is 3.51. The molecule has 2 aromatic heterocycles. The van der Waals surface area contributed by atoms with Gasteiger partial charge in [-0.15, -0.1) is 10.2 Å². The van der Waals surface area contributed by atoms with Crippen LogP contribution >= 0.6 is 22.9 Å². The first-order valence-corrected chi connectivity index (χ1v) is 11.9. The molecule has 170 valence electrons. The molecule has 2 saturated heterocycles. The molecular weight excluding hydrogens is 469 g/mol. The monoisotopic (exact) mass is 487 g/mol. The Balaban J connectivity index is 1.36. The number of benzene rings is 1. The Kier molecular flexibility index (Phi) is 4.79. The number of amides is 1. The fourth-order valence-corrected chi connectivity index (χ4v) is 6.22. The lowest BCUT2D eigenvalue weighted by molar-refractivity contribution is 0.0515. The zero-order valence-corrected chi connectivity index (χ0v) is 18.9. The zero-order chi connectivity index (χ0) is 22.9. The zero-order valence-electron chi connectivity index (χ0n) is 17.4. The van der Waals surface area contributed by atoms with Crippen LogP contribution in [0.15, 0.2) is 29.2 Å². The average molecular weight is 488 g/mol. The SMILES string of the molecule is O=C1c2c(O)c(=O)c(-c3nnc(Cc4cccc(Cl)c4F)s3)cn2C[C@@H]2N1CC1CCCN12. The van der Waals surface area contributed by atoms with E-state index < -0.39 is 17.0 Å². The van der Waals surface area contributed by atoms with Crippen LogP contribution in [0.2, 0.25) is 5.02 Å². The summed E-state index contributed by atoms with van der Waals surface area (Å²) >= 11 is 7.00. The number of fused-ring (bicyclic) bond motifs is 4. The van der Waals surface area contributed by atoms with Crippen molar-refractivity contribution in [3.05, 3.63) is 61.7 Å². The second-order valence-electron chi connectivity index (χ2n) is 8.58. The van der Waals surface area contributed by atoms with Gasteiger partial charge in [-0.05, 0) is 24.5 Å². The Hall–Kier alpha value is -2.82. The summed E-state index contributed by atoms with van der Waals surface area (Å²) < 4.78 is 15.9. The van der Waals surface area contributed by atoms with Crippen LogP contribution in [0.1, 0.15) is 33.9 Å². The van der Waals surface area contributed by atoms with Crippen molar-refractivity contribution >= 4 is 28.8 Å². The Morgan fingerprint density at radius 2 is 2.09 bits per heavy atom. The molecule has 3 aliphatic heterocycles. The van der Waals surface area contributed by atoms with Crippen molar-refractivity contribution in [3.8, 4) is 16.3 Å². The van der Waals surface area contributed by atoms with E-state index in [1.165, 1.54) is 6.07 Å². The van der Waals surface area contributed by atoms with Gasteiger partial charge in [0.1, 0.15) is 17.0 Å². The Labute approximate surface area is 196 Å². The number of pyridine rings is 1. The Bertz CT molecular complexity index is 1360. The van der Waals surface area contributed by atoms with Crippen molar-refractivity contribution in [1.29, 1.82) is 0 Å². The van der Waals surface area contributed by atoms with Gasteiger partial charge in [0.25, 0.3) is 5.91 Å². The number of hydrogen-bond donors (Lipinski definition) is 1. The van der Waals surface area contributed by atoms with E-state index in [-0.39, 0.29) is 34.8 Å². The highest BCUT2D eigenvalue weighted by atomic mass is 35.5. The molecule has 2 atom stereocenters. The molecule has 0 aliphatic carbocycles. The van der Waals surface area contributed by atoms with Gasteiger partial charge in [0.05, 0.1) is 17.1 Å². The number of carbonyl (C=O) groups excluding carboxylic acids is 1. The number of aromatic hydroxyl groups is 1. The normalized spacial score (nSPS) is 21.9. The molecular formula is C22H19ClFN5O3S. The molecule has 1 unspecified atom stereocenters. The van der Waals surface area contributed by atoms with E-state index in [4.69, 9.17) is 11.6 Å². The van der Waals surface area contributed by atoms with Gasteiger partial charge in [0.15, 0.2) is 16.5 Å². The molecule has 2 fully saturated rings. The van der Waals surface area contributed by atoms with E-state index in [1.54, 1.807) is 27.8 Å². The number of nitrogens with zero attached hydrogens (tertiary/aromatic N) is 5. The highest BCUT2D eigenvalue weighted by molar-refractivity contribution is 7.14. The number of carbonyl (C=O) groups is 1. The largest absolute Gasteiger partial charge is 0.503 e. The van der Waals surface area contributed by atoms with Crippen LogP contribution in [-0.4, -0.2) is 60.9 Å². The molecule has 0 radical (unpaired) electrons. The summed E-state index contributed by atoms with van der Waals surface area (Å²) in [6.45, 7) is 2.03. The van der Waals surface area contributed by atoms with Crippen molar-refractivity contribution in [3.63, 3.8) is 0 Å². The minimum Gasteiger partial charge on any atom is -0.503 e. The summed E-state index contributed by atoms with van der Waals surface area (Å²) in [6, 6.07) is 5.08. The van der Waals surface area contributed by atoms with E-state index in [1.807, 2.05) is 0 Å². The minimum absolute atomic E-state index is 0.0203. The van der Waals surface area contributed by atoms with Crippen LogP contribution in [0.4, 0.5) is 4.39 Å². The molecule has 11 heteroatoms. The van der Waals surface area contributed by atoms with Gasteiger partial charge in [-0.3, -0.25) is 14.5 Å². The number of hydrogen-bond acceptors (Lipinski definition) is 7. The van der Waals surface area contributed by atoms with Gasteiger partial charge in [-0.25, -0.2) is 4.39 Å². The molecule has 0 saturated carbocycles.